The van der Waals surface area contributed by atoms with Gasteiger partial charge in [0.2, 0.25) is 0 Å². The summed E-state index contributed by atoms with van der Waals surface area (Å²) in [6.45, 7) is 5.25. The van der Waals surface area contributed by atoms with E-state index in [4.69, 9.17) is 9.15 Å². The molecule has 30 heavy (non-hydrogen) atoms. The standard InChI is InChI=1S/C24H25NO5/c1-4-17(5-2)25-20(26)14-29-24(28)19-13-9-12-18-21(27)15(3)22(30-23(18)19)16-10-7-6-8-11-16/h6-13,17H,4-5,14H2,1-3H3,(H,25,26). The first-order chi connectivity index (χ1) is 14.5. The van der Waals surface area contributed by atoms with Gasteiger partial charge in [-0.2, -0.15) is 0 Å². The second-order valence-electron chi connectivity index (χ2n) is 7.09. The molecule has 0 atom stereocenters. The van der Waals surface area contributed by atoms with Crippen molar-refractivity contribution in [3.63, 3.8) is 0 Å². The number of ether oxygens (including phenoxy) is 1. The molecule has 1 aromatic heterocycles. The van der Waals surface area contributed by atoms with E-state index in [-0.39, 0.29) is 28.5 Å². The average molecular weight is 407 g/mol. The van der Waals surface area contributed by atoms with Crippen molar-refractivity contribution in [2.75, 3.05) is 6.61 Å². The number of rotatable bonds is 7. The molecule has 3 rings (SSSR count). The summed E-state index contributed by atoms with van der Waals surface area (Å²) in [4.78, 5) is 37.6. The molecule has 0 unspecified atom stereocenters. The third-order valence-electron chi connectivity index (χ3n) is 5.09. The Morgan fingerprint density at radius 1 is 1.03 bits per heavy atom. The molecule has 0 spiro atoms. The Kier molecular flexibility index (Phi) is 6.67. The molecule has 1 amide bonds. The topological polar surface area (TPSA) is 85.6 Å². The second kappa shape index (κ2) is 9.39. The van der Waals surface area contributed by atoms with Crippen LogP contribution >= 0.6 is 0 Å². The van der Waals surface area contributed by atoms with Gasteiger partial charge in [-0.25, -0.2) is 4.79 Å². The first-order valence-electron chi connectivity index (χ1n) is 10.0. The third kappa shape index (κ3) is 4.43. The van der Waals surface area contributed by atoms with Gasteiger partial charge < -0.3 is 14.5 Å². The van der Waals surface area contributed by atoms with Gasteiger partial charge in [-0.3, -0.25) is 9.59 Å². The molecule has 1 heterocycles. The van der Waals surface area contributed by atoms with Crippen LogP contribution in [-0.4, -0.2) is 24.5 Å². The number of carbonyl (C=O) groups excluding carboxylic acids is 2. The van der Waals surface area contributed by atoms with Gasteiger partial charge in [0.15, 0.2) is 17.6 Å². The number of esters is 1. The average Bonchev–Trinajstić information content (AvgIpc) is 2.78. The van der Waals surface area contributed by atoms with Crippen LogP contribution in [0.25, 0.3) is 22.3 Å². The second-order valence-corrected chi connectivity index (χ2v) is 7.09. The fourth-order valence-electron chi connectivity index (χ4n) is 3.31. The number of amides is 1. The fraction of sp³-hybridized carbons (Fsp3) is 0.292. The summed E-state index contributed by atoms with van der Waals surface area (Å²) < 4.78 is 11.2. The van der Waals surface area contributed by atoms with Crippen molar-refractivity contribution in [1.82, 2.24) is 5.32 Å². The first-order valence-corrected chi connectivity index (χ1v) is 10.0. The lowest BCUT2D eigenvalue weighted by molar-refractivity contribution is -0.125. The molecule has 0 aliphatic rings. The zero-order chi connectivity index (χ0) is 21.7. The zero-order valence-corrected chi connectivity index (χ0v) is 17.4. The number of nitrogens with one attached hydrogen (secondary N) is 1. The molecule has 2 aromatic carbocycles. The van der Waals surface area contributed by atoms with Crippen molar-refractivity contribution in [3.05, 3.63) is 69.9 Å². The van der Waals surface area contributed by atoms with Crippen LogP contribution in [0.4, 0.5) is 0 Å². The molecule has 6 nitrogen and oxygen atoms in total. The minimum absolute atomic E-state index is 0.0446. The van der Waals surface area contributed by atoms with Gasteiger partial charge in [0.25, 0.3) is 5.91 Å². The minimum atomic E-state index is -0.716. The fourth-order valence-corrected chi connectivity index (χ4v) is 3.31. The van der Waals surface area contributed by atoms with Gasteiger partial charge in [-0.05, 0) is 31.9 Å². The molecular weight excluding hydrogens is 382 g/mol. The van der Waals surface area contributed by atoms with Gasteiger partial charge in [0.05, 0.1) is 5.39 Å². The van der Waals surface area contributed by atoms with Crippen LogP contribution in [0.15, 0.2) is 57.7 Å². The quantitative estimate of drug-likeness (QED) is 0.593. The molecule has 0 saturated carbocycles. The highest BCUT2D eigenvalue weighted by Gasteiger charge is 2.20. The van der Waals surface area contributed by atoms with Crippen LogP contribution in [0.5, 0.6) is 0 Å². The molecule has 3 aromatic rings. The predicted octanol–water partition coefficient (Wildman–Crippen LogP) is 4.23. The molecule has 0 saturated heterocycles. The Hall–Kier alpha value is -3.41. The SMILES string of the molecule is CCC(CC)NC(=O)COC(=O)c1cccc2c(=O)c(C)c(-c3ccccc3)oc12. The Morgan fingerprint density at radius 2 is 1.73 bits per heavy atom. The van der Waals surface area contributed by atoms with Gasteiger partial charge in [-0.1, -0.05) is 50.2 Å². The summed E-state index contributed by atoms with van der Waals surface area (Å²) in [5, 5.41) is 3.11. The van der Waals surface area contributed by atoms with Gasteiger partial charge in [0, 0.05) is 17.2 Å². The maximum atomic E-state index is 12.9. The van der Waals surface area contributed by atoms with Gasteiger partial charge >= 0.3 is 5.97 Å². The number of para-hydroxylation sites is 1. The summed E-state index contributed by atoms with van der Waals surface area (Å²) in [5.41, 5.74) is 1.25. The normalized spacial score (nSPS) is 10.9. The highest BCUT2D eigenvalue weighted by atomic mass is 16.5. The molecule has 156 valence electrons. The molecule has 0 aliphatic carbocycles. The van der Waals surface area contributed by atoms with Crippen LogP contribution in [0.1, 0.15) is 42.6 Å². The van der Waals surface area contributed by atoms with Crippen molar-refractivity contribution in [2.45, 2.75) is 39.7 Å². The summed E-state index contributed by atoms with van der Waals surface area (Å²) in [7, 11) is 0. The molecule has 0 bridgehead atoms. The van der Waals surface area contributed by atoms with Crippen molar-refractivity contribution in [1.29, 1.82) is 0 Å². The van der Waals surface area contributed by atoms with Crippen molar-refractivity contribution in [3.8, 4) is 11.3 Å². The number of fused-ring (bicyclic) bond motifs is 1. The Morgan fingerprint density at radius 3 is 2.40 bits per heavy atom. The van der Waals surface area contributed by atoms with E-state index in [1.807, 2.05) is 44.2 Å². The van der Waals surface area contributed by atoms with Crippen molar-refractivity contribution >= 4 is 22.8 Å². The minimum Gasteiger partial charge on any atom is -0.455 e. The van der Waals surface area contributed by atoms with E-state index < -0.39 is 12.6 Å². The summed E-state index contributed by atoms with van der Waals surface area (Å²) in [5.74, 6) is -0.675. The highest BCUT2D eigenvalue weighted by molar-refractivity contribution is 6.02. The lowest BCUT2D eigenvalue weighted by Crippen LogP contribution is -2.36. The molecule has 0 radical (unpaired) electrons. The van der Waals surface area contributed by atoms with Crippen molar-refractivity contribution < 1.29 is 18.7 Å². The lowest BCUT2D eigenvalue weighted by Gasteiger charge is -2.14. The maximum absolute atomic E-state index is 12.9. The summed E-state index contributed by atoms with van der Waals surface area (Å²) >= 11 is 0. The number of carbonyl (C=O) groups is 2. The van der Waals surface area contributed by atoms with Crippen LogP contribution in [-0.2, 0) is 9.53 Å². The van der Waals surface area contributed by atoms with E-state index in [1.165, 1.54) is 6.07 Å². The lowest BCUT2D eigenvalue weighted by atomic mass is 10.0. The third-order valence-corrected chi connectivity index (χ3v) is 5.09. The van der Waals surface area contributed by atoms with Crippen LogP contribution in [0.2, 0.25) is 0 Å². The van der Waals surface area contributed by atoms with Gasteiger partial charge in [-0.15, -0.1) is 0 Å². The van der Waals surface area contributed by atoms with E-state index in [0.717, 1.165) is 18.4 Å². The smallest absolute Gasteiger partial charge is 0.342 e. The molecular formula is C24H25NO5. The largest absolute Gasteiger partial charge is 0.455 e. The van der Waals surface area contributed by atoms with E-state index in [1.54, 1.807) is 19.1 Å². The maximum Gasteiger partial charge on any atom is 0.342 e. The van der Waals surface area contributed by atoms with Crippen LogP contribution in [0.3, 0.4) is 0 Å². The number of hydrogen-bond acceptors (Lipinski definition) is 5. The Balaban J connectivity index is 1.93. The predicted molar refractivity (Wildman–Crippen MR) is 115 cm³/mol. The molecule has 6 heteroatoms. The van der Waals surface area contributed by atoms with Gasteiger partial charge in [0.1, 0.15) is 11.3 Å². The van der Waals surface area contributed by atoms with E-state index in [2.05, 4.69) is 5.32 Å². The molecule has 0 aliphatic heterocycles. The van der Waals surface area contributed by atoms with E-state index >= 15 is 0 Å². The Bertz CT molecular complexity index is 1110. The van der Waals surface area contributed by atoms with Crippen LogP contribution in [0, 0.1) is 6.92 Å². The Labute approximate surface area is 174 Å². The van der Waals surface area contributed by atoms with E-state index in [0.29, 0.717) is 16.7 Å². The molecule has 1 N–H and O–H groups in total. The molecule has 0 fully saturated rings. The first kappa shape index (κ1) is 21.3. The van der Waals surface area contributed by atoms with E-state index in [9.17, 15) is 14.4 Å². The highest BCUT2D eigenvalue weighted by Crippen LogP contribution is 2.27. The monoisotopic (exact) mass is 407 g/mol. The van der Waals surface area contributed by atoms with Crippen molar-refractivity contribution in [2.24, 2.45) is 0 Å². The number of hydrogen-bond donors (Lipinski definition) is 1. The zero-order valence-electron chi connectivity index (χ0n) is 17.4. The summed E-state index contributed by atoms with van der Waals surface area (Å²) in [6, 6.07) is 14.0. The number of benzene rings is 2. The van der Waals surface area contributed by atoms with Crippen LogP contribution < -0.4 is 10.7 Å². The summed E-state index contributed by atoms with van der Waals surface area (Å²) in [6.07, 6.45) is 1.60.